The number of hydrogen-bond donors (Lipinski definition) is 3. The number of carbonyl (C=O) groups is 2. The van der Waals surface area contributed by atoms with E-state index in [0.29, 0.717) is 0 Å². The van der Waals surface area contributed by atoms with Crippen LogP contribution in [0, 0.1) is 6.92 Å². The van der Waals surface area contributed by atoms with Gasteiger partial charge in [0.05, 0.1) is 6.42 Å². The number of aliphatic hydroxyl groups excluding tert-OH is 1. The normalized spacial score (nSPS) is 11.9. The summed E-state index contributed by atoms with van der Waals surface area (Å²) in [6, 6.07) is 6.43. The lowest BCUT2D eigenvalue weighted by Crippen LogP contribution is -2.42. The highest BCUT2D eigenvalue weighted by molar-refractivity contribution is 5.84. The Kier molecular flexibility index (Phi) is 5.32. The molecule has 1 amide bonds. The van der Waals surface area contributed by atoms with Crippen molar-refractivity contribution in [1.29, 1.82) is 0 Å². The monoisotopic (exact) mass is 251 g/mol. The molecule has 18 heavy (non-hydrogen) atoms. The fourth-order valence-corrected chi connectivity index (χ4v) is 1.64. The van der Waals surface area contributed by atoms with Crippen molar-refractivity contribution >= 4 is 11.9 Å². The summed E-state index contributed by atoms with van der Waals surface area (Å²) < 4.78 is 0. The van der Waals surface area contributed by atoms with Crippen LogP contribution in [0.2, 0.25) is 0 Å². The van der Waals surface area contributed by atoms with Gasteiger partial charge < -0.3 is 15.5 Å². The van der Waals surface area contributed by atoms with E-state index in [1.807, 2.05) is 31.2 Å². The lowest BCUT2D eigenvalue weighted by Gasteiger charge is -2.13. The van der Waals surface area contributed by atoms with E-state index in [2.05, 4.69) is 5.32 Å². The summed E-state index contributed by atoms with van der Waals surface area (Å²) in [4.78, 5) is 22.5. The van der Waals surface area contributed by atoms with Crippen LogP contribution in [0.15, 0.2) is 24.3 Å². The Hall–Kier alpha value is -1.88. The molecule has 1 atom stereocenters. The second kappa shape index (κ2) is 6.76. The van der Waals surface area contributed by atoms with Crippen LogP contribution in [-0.4, -0.2) is 34.7 Å². The molecule has 3 N–H and O–H groups in total. The Labute approximate surface area is 105 Å². The zero-order valence-electron chi connectivity index (χ0n) is 10.2. The molecule has 0 fully saturated rings. The predicted molar refractivity (Wildman–Crippen MR) is 66.2 cm³/mol. The number of amides is 1. The third-order valence-electron chi connectivity index (χ3n) is 2.50. The van der Waals surface area contributed by atoms with Crippen molar-refractivity contribution in [3.8, 4) is 0 Å². The second-order valence-electron chi connectivity index (χ2n) is 4.14. The largest absolute Gasteiger partial charge is 0.480 e. The van der Waals surface area contributed by atoms with Gasteiger partial charge in [-0.25, -0.2) is 4.79 Å². The maximum Gasteiger partial charge on any atom is 0.326 e. The number of carbonyl (C=O) groups excluding carboxylic acids is 1. The van der Waals surface area contributed by atoms with Gasteiger partial charge in [0.15, 0.2) is 0 Å². The quantitative estimate of drug-likeness (QED) is 0.686. The number of carboxylic acid groups (broad SMARTS) is 1. The van der Waals surface area contributed by atoms with Crippen molar-refractivity contribution < 1.29 is 19.8 Å². The number of nitrogens with one attached hydrogen (secondary N) is 1. The standard InChI is InChI=1S/C13H17NO4/c1-9-3-2-4-10(7-9)8-12(16)14-11(5-6-15)13(17)18/h2-4,7,11,15H,5-6,8H2,1H3,(H,14,16)(H,17,18). The molecule has 1 unspecified atom stereocenters. The molecule has 0 aromatic heterocycles. The first-order valence-corrected chi connectivity index (χ1v) is 5.71. The molecule has 0 bridgehead atoms. The molecular weight excluding hydrogens is 234 g/mol. The van der Waals surface area contributed by atoms with Crippen LogP contribution in [0.4, 0.5) is 0 Å². The van der Waals surface area contributed by atoms with E-state index in [9.17, 15) is 9.59 Å². The molecule has 0 spiro atoms. The minimum atomic E-state index is -1.14. The van der Waals surface area contributed by atoms with Gasteiger partial charge in [-0.2, -0.15) is 0 Å². The SMILES string of the molecule is Cc1cccc(CC(=O)NC(CCO)C(=O)O)c1. The highest BCUT2D eigenvalue weighted by atomic mass is 16.4. The lowest BCUT2D eigenvalue weighted by atomic mass is 10.1. The number of aliphatic hydroxyl groups is 1. The Morgan fingerprint density at radius 3 is 2.67 bits per heavy atom. The third kappa shape index (κ3) is 4.55. The molecule has 0 aliphatic rings. The molecule has 98 valence electrons. The Morgan fingerprint density at radius 1 is 1.39 bits per heavy atom. The van der Waals surface area contributed by atoms with Gasteiger partial charge in [0.25, 0.3) is 0 Å². The molecule has 0 heterocycles. The van der Waals surface area contributed by atoms with E-state index < -0.39 is 12.0 Å². The zero-order valence-corrected chi connectivity index (χ0v) is 10.2. The van der Waals surface area contributed by atoms with Gasteiger partial charge in [-0.1, -0.05) is 29.8 Å². The van der Waals surface area contributed by atoms with Crippen LogP contribution in [0.25, 0.3) is 0 Å². The van der Waals surface area contributed by atoms with Gasteiger partial charge >= 0.3 is 5.97 Å². The smallest absolute Gasteiger partial charge is 0.326 e. The van der Waals surface area contributed by atoms with Crippen LogP contribution in [0.3, 0.4) is 0 Å². The summed E-state index contributed by atoms with van der Waals surface area (Å²) in [6.07, 6.45) is 0.145. The molecule has 0 saturated carbocycles. The fraction of sp³-hybridized carbons (Fsp3) is 0.385. The van der Waals surface area contributed by atoms with Gasteiger partial charge in [-0.05, 0) is 12.5 Å². The topological polar surface area (TPSA) is 86.6 Å². The van der Waals surface area contributed by atoms with Crippen molar-refractivity contribution in [3.63, 3.8) is 0 Å². The first-order valence-electron chi connectivity index (χ1n) is 5.71. The summed E-state index contributed by atoms with van der Waals surface area (Å²) >= 11 is 0. The fourth-order valence-electron chi connectivity index (χ4n) is 1.64. The zero-order chi connectivity index (χ0) is 13.5. The summed E-state index contributed by atoms with van der Waals surface area (Å²) in [6.45, 7) is 1.65. The Balaban J connectivity index is 2.57. The maximum absolute atomic E-state index is 11.7. The lowest BCUT2D eigenvalue weighted by molar-refractivity contribution is -0.142. The van der Waals surface area contributed by atoms with Crippen LogP contribution in [0.5, 0.6) is 0 Å². The van der Waals surface area contributed by atoms with E-state index in [0.717, 1.165) is 11.1 Å². The van der Waals surface area contributed by atoms with Crippen LogP contribution in [-0.2, 0) is 16.0 Å². The van der Waals surface area contributed by atoms with Gasteiger partial charge in [0.2, 0.25) is 5.91 Å². The predicted octanol–water partition coefficient (Wildman–Crippen LogP) is 0.489. The van der Waals surface area contributed by atoms with Crippen molar-refractivity contribution in [3.05, 3.63) is 35.4 Å². The maximum atomic E-state index is 11.7. The van der Waals surface area contributed by atoms with E-state index in [4.69, 9.17) is 10.2 Å². The highest BCUT2D eigenvalue weighted by Gasteiger charge is 2.19. The molecule has 1 aromatic rings. The summed E-state index contributed by atoms with van der Waals surface area (Å²) in [5.41, 5.74) is 1.88. The first-order chi connectivity index (χ1) is 8.52. The Bertz CT molecular complexity index is 431. The molecular formula is C13H17NO4. The summed E-state index contributed by atoms with van der Waals surface area (Å²) in [5, 5.41) is 19.9. The summed E-state index contributed by atoms with van der Waals surface area (Å²) in [7, 11) is 0. The van der Waals surface area contributed by atoms with Crippen LogP contribution >= 0.6 is 0 Å². The second-order valence-corrected chi connectivity index (χ2v) is 4.14. The molecule has 0 radical (unpaired) electrons. The molecule has 0 aliphatic carbocycles. The van der Waals surface area contributed by atoms with Crippen molar-refractivity contribution in [2.24, 2.45) is 0 Å². The van der Waals surface area contributed by atoms with E-state index in [1.165, 1.54) is 0 Å². The summed E-state index contributed by atoms with van der Waals surface area (Å²) in [5.74, 6) is -1.50. The minimum Gasteiger partial charge on any atom is -0.480 e. The molecule has 1 rings (SSSR count). The first kappa shape index (κ1) is 14.2. The number of aryl methyl sites for hydroxylation is 1. The molecule has 0 saturated heterocycles. The van der Waals surface area contributed by atoms with E-state index in [-0.39, 0.29) is 25.4 Å². The Morgan fingerprint density at radius 2 is 2.11 bits per heavy atom. The highest BCUT2D eigenvalue weighted by Crippen LogP contribution is 2.05. The number of aliphatic carboxylic acids is 1. The van der Waals surface area contributed by atoms with Gasteiger partial charge in [-0.3, -0.25) is 4.79 Å². The number of carboxylic acids is 1. The number of benzene rings is 1. The molecule has 1 aromatic carbocycles. The number of hydrogen-bond acceptors (Lipinski definition) is 3. The van der Waals surface area contributed by atoms with Crippen LogP contribution in [0.1, 0.15) is 17.5 Å². The van der Waals surface area contributed by atoms with Crippen molar-refractivity contribution in [2.75, 3.05) is 6.61 Å². The molecule has 5 heteroatoms. The van der Waals surface area contributed by atoms with Gasteiger partial charge in [0, 0.05) is 13.0 Å². The average Bonchev–Trinajstić information content (AvgIpc) is 2.28. The van der Waals surface area contributed by atoms with E-state index >= 15 is 0 Å². The minimum absolute atomic E-state index is 0.00882. The molecule has 0 aliphatic heterocycles. The van der Waals surface area contributed by atoms with Crippen molar-refractivity contribution in [1.82, 2.24) is 5.32 Å². The van der Waals surface area contributed by atoms with Crippen LogP contribution < -0.4 is 5.32 Å². The van der Waals surface area contributed by atoms with Crippen molar-refractivity contribution in [2.45, 2.75) is 25.8 Å². The van der Waals surface area contributed by atoms with E-state index in [1.54, 1.807) is 0 Å². The average molecular weight is 251 g/mol. The third-order valence-corrected chi connectivity index (χ3v) is 2.50. The van der Waals surface area contributed by atoms with Gasteiger partial charge in [0.1, 0.15) is 6.04 Å². The molecule has 5 nitrogen and oxygen atoms in total. The number of rotatable bonds is 6. The van der Waals surface area contributed by atoms with Gasteiger partial charge in [-0.15, -0.1) is 0 Å².